The summed E-state index contributed by atoms with van der Waals surface area (Å²) in [5.74, 6) is 0. The Morgan fingerprint density at radius 1 is 1.46 bits per heavy atom. The zero-order chi connectivity index (χ0) is 10.5. The molecule has 1 unspecified atom stereocenters. The van der Waals surface area contributed by atoms with E-state index in [-0.39, 0.29) is 0 Å². The van der Waals surface area contributed by atoms with Crippen molar-refractivity contribution in [1.29, 1.82) is 0 Å². The molecule has 0 saturated carbocycles. The summed E-state index contributed by atoms with van der Waals surface area (Å²) >= 11 is 0. The quantitative estimate of drug-likeness (QED) is 0.523. The molecule has 3 nitrogen and oxygen atoms in total. The van der Waals surface area contributed by atoms with E-state index in [1.807, 2.05) is 0 Å². The molecule has 1 atom stereocenters. The summed E-state index contributed by atoms with van der Waals surface area (Å²) in [5.41, 5.74) is 0. The lowest BCUT2D eigenvalue weighted by Gasteiger charge is -2.17. The third-order valence-corrected chi connectivity index (χ3v) is 1.15. The van der Waals surface area contributed by atoms with Gasteiger partial charge in [0.2, 0.25) is 13.0 Å². The molecule has 0 fully saturated rings. The van der Waals surface area contributed by atoms with E-state index in [9.17, 15) is 22.4 Å². The minimum atomic E-state index is -4.65. The summed E-state index contributed by atoms with van der Waals surface area (Å²) in [4.78, 5) is 10.3. The standard InChI is InChI=1S/C6H8F4O3/c1-2-4(6(8,9)10)13-5(11)12-3-7/h4H,2-3H2,1H3. The van der Waals surface area contributed by atoms with Crippen molar-refractivity contribution >= 4 is 6.16 Å². The molecule has 0 N–H and O–H groups in total. The van der Waals surface area contributed by atoms with Gasteiger partial charge in [0, 0.05) is 0 Å². The zero-order valence-corrected chi connectivity index (χ0v) is 6.73. The fraction of sp³-hybridized carbons (Fsp3) is 0.833. The van der Waals surface area contributed by atoms with Crippen LogP contribution in [-0.2, 0) is 9.47 Å². The summed E-state index contributed by atoms with van der Waals surface area (Å²) in [6, 6.07) is 0. The highest BCUT2D eigenvalue weighted by Crippen LogP contribution is 2.25. The summed E-state index contributed by atoms with van der Waals surface area (Å²) in [7, 11) is 0. The van der Waals surface area contributed by atoms with E-state index in [1.54, 1.807) is 0 Å². The fourth-order valence-electron chi connectivity index (χ4n) is 0.576. The molecule has 0 aliphatic heterocycles. The smallest absolute Gasteiger partial charge is 0.421 e. The number of carbonyl (C=O) groups excluding carboxylic acids is 1. The monoisotopic (exact) mass is 204 g/mol. The van der Waals surface area contributed by atoms with Gasteiger partial charge >= 0.3 is 12.3 Å². The molecule has 13 heavy (non-hydrogen) atoms. The average molecular weight is 204 g/mol. The van der Waals surface area contributed by atoms with Gasteiger partial charge in [-0.3, -0.25) is 0 Å². The molecule has 0 aliphatic rings. The van der Waals surface area contributed by atoms with Gasteiger partial charge in [0.1, 0.15) is 0 Å². The van der Waals surface area contributed by atoms with Crippen molar-refractivity contribution < 1.29 is 31.8 Å². The van der Waals surface area contributed by atoms with Gasteiger partial charge in [-0.2, -0.15) is 13.2 Å². The number of carbonyl (C=O) groups is 1. The highest BCUT2D eigenvalue weighted by Gasteiger charge is 2.41. The maximum Gasteiger partial charge on any atom is 0.511 e. The van der Waals surface area contributed by atoms with Crippen LogP contribution in [0.2, 0.25) is 0 Å². The minimum Gasteiger partial charge on any atom is -0.421 e. The van der Waals surface area contributed by atoms with Crippen molar-refractivity contribution in [3.8, 4) is 0 Å². The van der Waals surface area contributed by atoms with Crippen molar-refractivity contribution in [3.63, 3.8) is 0 Å². The number of hydrogen-bond donors (Lipinski definition) is 0. The van der Waals surface area contributed by atoms with Gasteiger partial charge in [0.15, 0.2) is 0 Å². The van der Waals surface area contributed by atoms with Crippen LogP contribution in [0.25, 0.3) is 0 Å². The van der Waals surface area contributed by atoms with Gasteiger partial charge in [-0.15, -0.1) is 0 Å². The van der Waals surface area contributed by atoms with Crippen LogP contribution in [-0.4, -0.2) is 25.3 Å². The zero-order valence-electron chi connectivity index (χ0n) is 6.73. The highest BCUT2D eigenvalue weighted by atomic mass is 19.4. The Balaban J connectivity index is 4.06. The maximum absolute atomic E-state index is 11.9. The molecule has 0 aromatic carbocycles. The Morgan fingerprint density at radius 2 is 2.00 bits per heavy atom. The van der Waals surface area contributed by atoms with Crippen molar-refractivity contribution in [2.24, 2.45) is 0 Å². The Kier molecular flexibility index (Phi) is 4.50. The molecule has 7 heteroatoms. The van der Waals surface area contributed by atoms with Crippen molar-refractivity contribution in [2.45, 2.75) is 25.6 Å². The van der Waals surface area contributed by atoms with Crippen molar-refractivity contribution in [2.75, 3.05) is 6.86 Å². The first-order valence-corrected chi connectivity index (χ1v) is 3.37. The average Bonchev–Trinajstić information content (AvgIpc) is 1.98. The molecule has 78 valence electrons. The largest absolute Gasteiger partial charge is 0.511 e. The second-order valence-electron chi connectivity index (χ2n) is 2.06. The van der Waals surface area contributed by atoms with Crippen LogP contribution < -0.4 is 0 Å². The third kappa shape index (κ3) is 4.54. The maximum atomic E-state index is 11.9. The topological polar surface area (TPSA) is 35.5 Å². The molecule has 0 aromatic heterocycles. The summed E-state index contributed by atoms with van der Waals surface area (Å²) < 4.78 is 54.3. The predicted octanol–water partition coefficient (Wildman–Crippen LogP) is 2.41. The van der Waals surface area contributed by atoms with E-state index in [0.717, 1.165) is 0 Å². The Hall–Kier alpha value is -1.01. The van der Waals surface area contributed by atoms with Crippen molar-refractivity contribution in [1.82, 2.24) is 0 Å². The molecule has 0 heterocycles. The van der Waals surface area contributed by atoms with E-state index in [1.165, 1.54) is 6.92 Å². The van der Waals surface area contributed by atoms with Crippen LogP contribution >= 0.6 is 0 Å². The summed E-state index contributed by atoms with van der Waals surface area (Å²) in [6.07, 6.45) is -8.99. The number of rotatable bonds is 3. The van der Waals surface area contributed by atoms with Gasteiger partial charge in [-0.25, -0.2) is 9.18 Å². The number of alkyl halides is 4. The minimum absolute atomic E-state index is 0.440. The van der Waals surface area contributed by atoms with E-state index < -0.39 is 31.7 Å². The fourth-order valence-corrected chi connectivity index (χ4v) is 0.576. The first kappa shape index (κ1) is 12.0. The second kappa shape index (κ2) is 4.88. The van der Waals surface area contributed by atoms with Crippen molar-refractivity contribution in [3.05, 3.63) is 0 Å². The van der Waals surface area contributed by atoms with Crippen LogP contribution in [0.4, 0.5) is 22.4 Å². The lowest BCUT2D eigenvalue weighted by molar-refractivity contribution is -0.210. The van der Waals surface area contributed by atoms with Gasteiger partial charge in [0.25, 0.3) is 0 Å². The van der Waals surface area contributed by atoms with E-state index in [2.05, 4.69) is 9.47 Å². The third-order valence-electron chi connectivity index (χ3n) is 1.15. The Labute approximate surface area is 71.6 Å². The highest BCUT2D eigenvalue weighted by molar-refractivity contribution is 5.60. The van der Waals surface area contributed by atoms with Gasteiger partial charge < -0.3 is 9.47 Å². The molecule has 0 bridgehead atoms. The Bertz CT molecular complexity index is 168. The van der Waals surface area contributed by atoms with E-state index in [4.69, 9.17) is 0 Å². The first-order valence-electron chi connectivity index (χ1n) is 3.37. The second-order valence-corrected chi connectivity index (χ2v) is 2.06. The van der Waals surface area contributed by atoms with Crippen LogP contribution in [0.1, 0.15) is 13.3 Å². The summed E-state index contributed by atoms with van der Waals surface area (Å²) in [6.45, 7) is -0.325. The van der Waals surface area contributed by atoms with E-state index >= 15 is 0 Å². The van der Waals surface area contributed by atoms with E-state index in [0.29, 0.717) is 0 Å². The van der Waals surface area contributed by atoms with Crippen LogP contribution in [0.3, 0.4) is 0 Å². The van der Waals surface area contributed by atoms with Crippen LogP contribution in [0.15, 0.2) is 0 Å². The van der Waals surface area contributed by atoms with Crippen LogP contribution in [0, 0.1) is 0 Å². The SMILES string of the molecule is CCC(OC(=O)OCF)C(F)(F)F. The molecule has 0 aliphatic carbocycles. The molecule has 0 radical (unpaired) electrons. The molecule has 0 aromatic rings. The molecule has 0 saturated heterocycles. The Morgan fingerprint density at radius 3 is 2.31 bits per heavy atom. The lowest BCUT2D eigenvalue weighted by Crippen LogP contribution is -2.33. The number of halogens is 4. The van der Waals surface area contributed by atoms with Gasteiger partial charge in [-0.1, -0.05) is 6.92 Å². The van der Waals surface area contributed by atoms with Gasteiger partial charge in [0.05, 0.1) is 0 Å². The van der Waals surface area contributed by atoms with Gasteiger partial charge in [-0.05, 0) is 6.42 Å². The predicted molar refractivity (Wildman–Crippen MR) is 33.7 cm³/mol. The number of hydrogen-bond acceptors (Lipinski definition) is 3. The molecule has 0 rings (SSSR count). The summed E-state index contributed by atoms with van der Waals surface area (Å²) in [5, 5.41) is 0. The van der Waals surface area contributed by atoms with Crippen LogP contribution in [0.5, 0.6) is 0 Å². The molecular formula is C6H8F4O3. The normalized spacial score (nSPS) is 13.6. The lowest BCUT2D eigenvalue weighted by atomic mass is 10.3. The number of ether oxygens (including phenoxy) is 2. The molecule has 0 spiro atoms. The molecule has 0 amide bonds. The first-order chi connectivity index (χ1) is 5.91. The molecular weight excluding hydrogens is 196 g/mol.